The van der Waals surface area contributed by atoms with Gasteiger partial charge >= 0.3 is 0 Å². The third-order valence-electron chi connectivity index (χ3n) is 3.98. The summed E-state index contributed by atoms with van der Waals surface area (Å²) in [7, 11) is 3.44. The summed E-state index contributed by atoms with van der Waals surface area (Å²) in [5.74, 6) is -0.0429. The summed E-state index contributed by atoms with van der Waals surface area (Å²) in [4.78, 5) is 25.4. The van der Waals surface area contributed by atoms with E-state index in [1.54, 1.807) is 38.4 Å². The van der Waals surface area contributed by atoms with Crippen molar-refractivity contribution in [3.8, 4) is 0 Å². The molecule has 1 N–H and O–H groups in total. The Balaban J connectivity index is 1.75. The summed E-state index contributed by atoms with van der Waals surface area (Å²) in [6.07, 6.45) is 1.68. The Bertz CT molecular complexity index is 774. The zero-order valence-corrected chi connectivity index (χ0v) is 16.4. The van der Waals surface area contributed by atoms with Crippen LogP contribution in [-0.2, 0) is 17.6 Å². The highest BCUT2D eigenvalue weighted by atomic mass is 35.5. The molecule has 2 rings (SSSR count). The number of carbonyl (C=O) groups excluding carboxylic acids is 2. The number of carbonyl (C=O) groups is 2. The van der Waals surface area contributed by atoms with E-state index in [4.69, 9.17) is 23.2 Å². The van der Waals surface area contributed by atoms with Crippen molar-refractivity contribution >= 4 is 35.0 Å². The highest BCUT2D eigenvalue weighted by Gasteiger charge is 2.08. The van der Waals surface area contributed by atoms with Gasteiger partial charge < -0.3 is 10.2 Å². The minimum absolute atomic E-state index is 0.0106. The topological polar surface area (TPSA) is 49.4 Å². The standard InChI is InChI=1S/C20H22Cl2N2O2/c1-24(2)20(26)16-6-3-14(4-7-16)5-10-19(25)23-12-11-15-8-9-17(21)13-18(15)22/h3-4,6-9,13H,5,10-12H2,1-2H3,(H,23,25). The van der Waals surface area contributed by atoms with Crippen molar-refractivity contribution in [3.05, 3.63) is 69.2 Å². The van der Waals surface area contributed by atoms with E-state index >= 15 is 0 Å². The summed E-state index contributed by atoms with van der Waals surface area (Å²) >= 11 is 12.0. The van der Waals surface area contributed by atoms with Gasteiger partial charge in [-0.05, 0) is 48.2 Å². The molecule has 0 aliphatic carbocycles. The zero-order chi connectivity index (χ0) is 19.1. The molecule has 138 valence electrons. The molecule has 0 heterocycles. The van der Waals surface area contributed by atoms with Gasteiger partial charge in [0, 0.05) is 42.7 Å². The van der Waals surface area contributed by atoms with Crippen LogP contribution in [0.15, 0.2) is 42.5 Å². The normalized spacial score (nSPS) is 10.5. The Morgan fingerprint density at radius 1 is 1.00 bits per heavy atom. The van der Waals surface area contributed by atoms with Crippen LogP contribution < -0.4 is 5.32 Å². The van der Waals surface area contributed by atoms with Gasteiger partial charge in [-0.25, -0.2) is 0 Å². The molecule has 0 aliphatic rings. The minimum atomic E-state index is -0.0323. The molecule has 2 amide bonds. The van der Waals surface area contributed by atoms with Crippen molar-refractivity contribution in [2.24, 2.45) is 0 Å². The molecule has 6 heteroatoms. The molecule has 0 fully saturated rings. The lowest BCUT2D eigenvalue weighted by Crippen LogP contribution is -2.26. The van der Waals surface area contributed by atoms with Gasteiger partial charge in [0.2, 0.25) is 5.91 Å². The number of amides is 2. The second-order valence-corrected chi connectivity index (χ2v) is 7.08. The van der Waals surface area contributed by atoms with Gasteiger partial charge in [0.05, 0.1) is 0 Å². The number of aryl methyl sites for hydroxylation is 1. The Morgan fingerprint density at radius 3 is 2.31 bits per heavy atom. The summed E-state index contributed by atoms with van der Waals surface area (Å²) in [5, 5.41) is 4.10. The lowest BCUT2D eigenvalue weighted by molar-refractivity contribution is -0.121. The first-order valence-corrected chi connectivity index (χ1v) is 9.13. The Hall–Kier alpha value is -2.04. The van der Waals surface area contributed by atoms with E-state index in [1.165, 1.54) is 4.90 Å². The molecule has 0 saturated heterocycles. The highest BCUT2D eigenvalue weighted by molar-refractivity contribution is 6.35. The van der Waals surface area contributed by atoms with E-state index in [-0.39, 0.29) is 11.8 Å². The van der Waals surface area contributed by atoms with Crippen molar-refractivity contribution in [2.45, 2.75) is 19.3 Å². The SMILES string of the molecule is CN(C)C(=O)c1ccc(CCC(=O)NCCc2ccc(Cl)cc2Cl)cc1. The van der Waals surface area contributed by atoms with Crippen LogP contribution in [0.2, 0.25) is 10.0 Å². The summed E-state index contributed by atoms with van der Waals surface area (Å²) in [6.45, 7) is 0.524. The van der Waals surface area contributed by atoms with Gasteiger partial charge in [-0.15, -0.1) is 0 Å². The number of hydrogen-bond acceptors (Lipinski definition) is 2. The van der Waals surface area contributed by atoms with E-state index in [2.05, 4.69) is 5.32 Å². The smallest absolute Gasteiger partial charge is 0.253 e. The van der Waals surface area contributed by atoms with Crippen LogP contribution in [0.3, 0.4) is 0 Å². The summed E-state index contributed by atoms with van der Waals surface area (Å²) in [5.41, 5.74) is 2.62. The number of hydrogen-bond donors (Lipinski definition) is 1. The molecule has 4 nitrogen and oxygen atoms in total. The van der Waals surface area contributed by atoms with E-state index in [9.17, 15) is 9.59 Å². The predicted octanol–water partition coefficient (Wildman–Crippen LogP) is 3.99. The van der Waals surface area contributed by atoms with Gasteiger partial charge in [0.1, 0.15) is 0 Å². The van der Waals surface area contributed by atoms with Crippen LogP contribution in [-0.4, -0.2) is 37.4 Å². The maximum absolute atomic E-state index is 12.0. The molecule has 0 bridgehead atoms. The van der Waals surface area contributed by atoms with E-state index in [1.807, 2.05) is 18.2 Å². The number of nitrogens with zero attached hydrogens (tertiary/aromatic N) is 1. The maximum Gasteiger partial charge on any atom is 0.253 e. The molecular formula is C20H22Cl2N2O2. The quantitative estimate of drug-likeness (QED) is 0.774. The van der Waals surface area contributed by atoms with Crippen molar-refractivity contribution in [2.75, 3.05) is 20.6 Å². The maximum atomic E-state index is 12.0. The molecule has 0 aliphatic heterocycles. The van der Waals surface area contributed by atoms with Crippen molar-refractivity contribution in [3.63, 3.8) is 0 Å². The van der Waals surface area contributed by atoms with E-state index < -0.39 is 0 Å². The molecule has 0 radical (unpaired) electrons. The van der Waals surface area contributed by atoms with E-state index in [0.29, 0.717) is 41.4 Å². The molecule has 26 heavy (non-hydrogen) atoms. The Morgan fingerprint density at radius 2 is 1.69 bits per heavy atom. The van der Waals surface area contributed by atoms with Crippen molar-refractivity contribution < 1.29 is 9.59 Å². The van der Waals surface area contributed by atoms with Crippen LogP contribution in [0, 0.1) is 0 Å². The minimum Gasteiger partial charge on any atom is -0.356 e. The molecule has 0 aromatic heterocycles. The van der Waals surface area contributed by atoms with E-state index in [0.717, 1.165) is 11.1 Å². The highest BCUT2D eigenvalue weighted by Crippen LogP contribution is 2.21. The van der Waals surface area contributed by atoms with Crippen LogP contribution in [0.4, 0.5) is 0 Å². The zero-order valence-electron chi connectivity index (χ0n) is 14.9. The second kappa shape index (κ2) is 9.60. The molecule has 0 unspecified atom stereocenters. The number of nitrogens with one attached hydrogen (secondary N) is 1. The number of benzene rings is 2. The van der Waals surface area contributed by atoms with Crippen LogP contribution in [0.25, 0.3) is 0 Å². The summed E-state index contributed by atoms with van der Waals surface area (Å²) in [6, 6.07) is 12.7. The average molecular weight is 393 g/mol. The first kappa shape index (κ1) is 20.3. The van der Waals surface area contributed by atoms with Gasteiger partial charge in [0.25, 0.3) is 5.91 Å². The lowest BCUT2D eigenvalue weighted by Gasteiger charge is -2.10. The molecule has 0 spiro atoms. The van der Waals surface area contributed by atoms with Crippen molar-refractivity contribution in [1.82, 2.24) is 10.2 Å². The number of halogens is 2. The monoisotopic (exact) mass is 392 g/mol. The van der Waals surface area contributed by atoms with Gasteiger partial charge in [-0.2, -0.15) is 0 Å². The van der Waals surface area contributed by atoms with Crippen LogP contribution >= 0.6 is 23.2 Å². The first-order valence-electron chi connectivity index (χ1n) is 8.38. The average Bonchev–Trinajstić information content (AvgIpc) is 2.61. The molecule has 0 atom stereocenters. The van der Waals surface area contributed by atoms with Crippen LogP contribution in [0.5, 0.6) is 0 Å². The molecular weight excluding hydrogens is 371 g/mol. The lowest BCUT2D eigenvalue weighted by atomic mass is 10.1. The fraction of sp³-hybridized carbons (Fsp3) is 0.300. The molecule has 0 saturated carbocycles. The first-order chi connectivity index (χ1) is 12.4. The Kier molecular flexibility index (Phi) is 7.49. The fourth-order valence-corrected chi connectivity index (χ4v) is 2.98. The molecule has 2 aromatic rings. The van der Waals surface area contributed by atoms with Gasteiger partial charge in [0.15, 0.2) is 0 Å². The predicted molar refractivity (Wildman–Crippen MR) is 106 cm³/mol. The largest absolute Gasteiger partial charge is 0.356 e. The Labute approximate surface area is 164 Å². The van der Waals surface area contributed by atoms with Crippen LogP contribution in [0.1, 0.15) is 27.9 Å². The number of rotatable bonds is 7. The third kappa shape index (κ3) is 6.04. The summed E-state index contributed by atoms with van der Waals surface area (Å²) < 4.78 is 0. The second-order valence-electron chi connectivity index (χ2n) is 6.23. The van der Waals surface area contributed by atoms with Gasteiger partial charge in [-0.1, -0.05) is 41.4 Å². The molecule has 2 aromatic carbocycles. The van der Waals surface area contributed by atoms with Crippen molar-refractivity contribution in [1.29, 1.82) is 0 Å². The third-order valence-corrected chi connectivity index (χ3v) is 4.57. The van der Waals surface area contributed by atoms with Gasteiger partial charge in [-0.3, -0.25) is 9.59 Å². The fourth-order valence-electron chi connectivity index (χ4n) is 2.48.